The maximum absolute atomic E-state index is 12.1. The van der Waals surface area contributed by atoms with Gasteiger partial charge in [-0.3, -0.25) is 19.3 Å². The van der Waals surface area contributed by atoms with Gasteiger partial charge in [-0.15, -0.1) is 0 Å². The number of anilines is 1. The summed E-state index contributed by atoms with van der Waals surface area (Å²) in [6.45, 7) is 3.65. The van der Waals surface area contributed by atoms with Crippen LogP contribution in [0.1, 0.15) is 44.2 Å². The first kappa shape index (κ1) is 15.9. The van der Waals surface area contributed by atoms with Gasteiger partial charge in [-0.05, 0) is 38.5 Å². The summed E-state index contributed by atoms with van der Waals surface area (Å²) in [5, 5.41) is 6.61. The minimum atomic E-state index is -0.359. The highest BCUT2D eigenvalue weighted by Gasteiger charge is 2.32. The van der Waals surface area contributed by atoms with Gasteiger partial charge in [0.1, 0.15) is 5.76 Å². The number of nitrogens with zero attached hydrogens (tertiary/aromatic N) is 2. The molecule has 1 N–H and O–H groups in total. The molecule has 0 unspecified atom stereocenters. The average Bonchev–Trinajstić information content (AvgIpc) is 2.98. The number of hydrogen-bond acceptors (Lipinski definition) is 5. The van der Waals surface area contributed by atoms with Crippen molar-refractivity contribution in [3.8, 4) is 0 Å². The lowest BCUT2D eigenvalue weighted by Crippen LogP contribution is -2.24. The average molecular weight is 327 g/mol. The zero-order valence-corrected chi connectivity index (χ0v) is 13.7. The number of imide groups is 1. The first-order chi connectivity index (χ1) is 11.4. The summed E-state index contributed by atoms with van der Waals surface area (Å²) >= 11 is 0. The SMILES string of the molecule is Cc1noc(C)c1CCC(=O)Nc1ccc2c(c1)C(=O)N(C)C2=O. The topological polar surface area (TPSA) is 92.5 Å². The van der Waals surface area contributed by atoms with E-state index in [4.69, 9.17) is 4.52 Å². The first-order valence-electron chi connectivity index (χ1n) is 7.56. The Morgan fingerprint density at radius 2 is 1.92 bits per heavy atom. The Morgan fingerprint density at radius 3 is 2.58 bits per heavy atom. The minimum Gasteiger partial charge on any atom is -0.361 e. The van der Waals surface area contributed by atoms with Crippen LogP contribution >= 0.6 is 0 Å². The Morgan fingerprint density at radius 1 is 1.21 bits per heavy atom. The second-order valence-corrected chi connectivity index (χ2v) is 5.78. The van der Waals surface area contributed by atoms with Crippen LogP contribution in [0.5, 0.6) is 0 Å². The van der Waals surface area contributed by atoms with Gasteiger partial charge in [0.2, 0.25) is 5.91 Å². The van der Waals surface area contributed by atoms with E-state index in [0.29, 0.717) is 29.0 Å². The quantitative estimate of drug-likeness (QED) is 0.868. The van der Waals surface area contributed by atoms with Crippen LogP contribution in [0.4, 0.5) is 5.69 Å². The van der Waals surface area contributed by atoms with E-state index >= 15 is 0 Å². The summed E-state index contributed by atoms with van der Waals surface area (Å²) < 4.78 is 5.07. The fraction of sp³-hybridized carbons (Fsp3) is 0.294. The number of amides is 3. The van der Waals surface area contributed by atoms with Crippen molar-refractivity contribution in [2.24, 2.45) is 0 Å². The van der Waals surface area contributed by atoms with Crippen LogP contribution in [-0.2, 0) is 11.2 Å². The molecule has 7 heteroatoms. The van der Waals surface area contributed by atoms with Gasteiger partial charge >= 0.3 is 0 Å². The van der Waals surface area contributed by atoms with Crippen LogP contribution in [0.3, 0.4) is 0 Å². The number of benzene rings is 1. The third-order valence-corrected chi connectivity index (χ3v) is 4.16. The molecule has 0 saturated carbocycles. The number of carbonyl (C=O) groups excluding carboxylic acids is 3. The minimum absolute atomic E-state index is 0.180. The van der Waals surface area contributed by atoms with Crippen molar-refractivity contribution in [1.82, 2.24) is 10.1 Å². The van der Waals surface area contributed by atoms with Gasteiger partial charge in [0.15, 0.2) is 0 Å². The molecule has 1 aromatic carbocycles. The van der Waals surface area contributed by atoms with Crippen LogP contribution in [0.15, 0.2) is 22.7 Å². The smallest absolute Gasteiger partial charge is 0.261 e. The molecule has 1 aromatic heterocycles. The Kier molecular flexibility index (Phi) is 3.92. The molecule has 1 aliphatic rings. The van der Waals surface area contributed by atoms with E-state index in [1.807, 2.05) is 13.8 Å². The molecule has 0 spiro atoms. The summed E-state index contributed by atoms with van der Waals surface area (Å²) in [5.41, 5.74) is 2.88. The van der Waals surface area contributed by atoms with Crippen molar-refractivity contribution in [1.29, 1.82) is 0 Å². The lowest BCUT2D eigenvalue weighted by atomic mass is 10.1. The number of rotatable bonds is 4. The number of nitrogens with one attached hydrogen (secondary N) is 1. The highest BCUT2D eigenvalue weighted by Crippen LogP contribution is 2.25. The molecular weight excluding hydrogens is 310 g/mol. The lowest BCUT2D eigenvalue weighted by molar-refractivity contribution is -0.116. The molecule has 3 rings (SSSR count). The zero-order chi connectivity index (χ0) is 17.4. The molecule has 0 bridgehead atoms. The van der Waals surface area contributed by atoms with Crippen LogP contribution in [0.2, 0.25) is 0 Å². The van der Waals surface area contributed by atoms with Gasteiger partial charge in [0, 0.05) is 24.7 Å². The van der Waals surface area contributed by atoms with Crippen LogP contribution in [-0.4, -0.2) is 34.8 Å². The van der Waals surface area contributed by atoms with Gasteiger partial charge in [0.05, 0.1) is 16.8 Å². The third kappa shape index (κ3) is 2.68. The molecule has 0 fully saturated rings. The van der Waals surface area contributed by atoms with Crippen molar-refractivity contribution < 1.29 is 18.9 Å². The zero-order valence-electron chi connectivity index (χ0n) is 13.7. The lowest BCUT2D eigenvalue weighted by Gasteiger charge is -2.06. The van der Waals surface area contributed by atoms with Crippen molar-refractivity contribution in [3.05, 3.63) is 46.3 Å². The van der Waals surface area contributed by atoms with Crippen molar-refractivity contribution in [2.45, 2.75) is 26.7 Å². The van der Waals surface area contributed by atoms with Crippen molar-refractivity contribution in [2.75, 3.05) is 12.4 Å². The number of carbonyl (C=O) groups is 3. The highest BCUT2D eigenvalue weighted by molar-refractivity contribution is 6.21. The van der Waals surface area contributed by atoms with Crippen molar-refractivity contribution in [3.63, 3.8) is 0 Å². The summed E-state index contributed by atoms with van der Waals surface area (Å²) in [4.78, 5) is 37.0. The van der Waals surface area contributed by atoms with Gasteiger partial charge in [0.25, 0.3) is 11.8 Å². The van der Waals surface area contributed by atoms with E-state index in [-0.39, 0.29) is 24.1 Å². The normalized spacial score (nSPS) is 13.4. The standard InChI is InChI=1S/C17H17N3O4/c1-9-12(10(2)24-19-9)6-7-15(21)18-11-4-5-13-14(8-11)17(23)20(3)16(13)22/h4-5,8H,6-7H2,1-3H3,(H,18,21). The molecule has 124 valence electrons. The highest BCUT2D eigenvalue weighted by atomic mass is 16.5. The van der Waals surface area contributed by atoms with E-state index in [1.165, 1.54) is 13.1 Å². The van der Waals surface area contributed by atoms with Crippen LogP contribution < -0.4 is 5.32 Å². The maximum atomic E-state index is 12.1. The van der Waals surface area contributed by atoms with E-state index in [2.05, 4.69) is 10.5 Å². The van der Waals surface area contributed by atoms with Gasteiger partial charge in [-0.25, -0.2) is 0 Å². The molecule has 0 aliphatic carbocycles. The number of fused-ring (bicyclic) bond motifs is 1. The number of hydrogen-bond donors (Lipinski definition) is 1. The van der Waals surface area contributed by atoms with Crippen molar-refractivity contribution >= 4 is 23.4 Å². The molecule has 0 saturated heterocycles. The molecule has 2 aromatic rings. The third-order valence-electron chi connectivity index (χ3n) is 4.16. The van der Waals surface area contributed by atoms with E-state index in [1.54, 1.807) is 12.1 Å². The molecule has 1 aliphatic heterocycles. The van der Waals surface area contributed by atoms with Gasteiger partial charge in [-0.1, -0.05) is 5.16 Å². The Balaban J connectivity index is 1.68. The predicted octanol–water partition coefficient (Wildman–Crippen LogP) is 2.09. The summed E-state index contributed by atoms with van der Waals surface area (Å²) in [5.74, 6) is -0.154. The van der Waals surface area contributed by atoms with E-state index < -0.39 is 0 Å². The fourth-order valence-electron chi connectivity index (χ4n) is 2.76. The Labute approximate surface area is 138 Å². The van der Waals surface area contributed by atoms with E-state index in [9.17, 15) is 14.4 Å². The maximum Gasteiger partial charge on any atom is 0.261 e. The largest absolute Gasteiger partial charge is 0.361 e. The second kappa shape index (κ2) is 5.92. The van der Waals surface area contributed by atoms with Crippen LogP contribution in [0.25, 0.3) is 0 Å². The van der Waals surface area contributed by atoms with E-state index in [0.717, 1.165) is 16.2 Å². The molecule has 7 nitrogen and oxygen atoms in total. The van der Waals surface area contributed by atoms with Crippen LogP contribution in [0, 0.1) is 13.8 Å². The molecule has 0 radical (unpaired) electrons. The summed E-state index contributed by atoms with van der Waals surface area (Å²) in [7, 11) is 1.44. The summed E-state index contributed by atoms with van der Waals surface area (Å²) in [6, 6.07) is 4.72. The fourth-order valence-corrected chi connectivity index (χ4v) is 2.76. The molecule has 2 heterocycles. The molecule has 0 atom stereocenters. The predicted molar refractivity (Wildman–Crippen MR) is 85.8 cm³/mol. The Bertz CT molecular complexity index is 834. The van der Waals surface area contributed by atoms with Gasteiger partial charge < -0.3 is 9.84 Å². The molecule has 24 heavy (non-hydrogen) atoms. The second-order valence-electron chi connectivity index (χ2n) is 5.78. The molecular formula is C17H17N3O4. The number of aromatic nitrogens is 1. The Hall–Kier alpha value is -2.96. The first-order valence-corrected chi connectivity index (χ1v) is 7.56. The summed E-state index contributed by atoms with van der Waals surface area (Å²) in [6.07, 6.45) is 0.796. The number of aryl methyl sites for hydroxylation is 2. The molecule has 3 amide bonds. The monoisotopic (exact) mass is 327 g/mol. The van der Waals surface area contributed by atoms with Gasteiger partial charge in [-0.2, -0.15) is 0 Å².